The highest BCUT2D eigenvalue weighted by Crippen LogP contribution is 2.30. The summed E-state index contributed by atoms with van der Waals surface area (Å²) in [6.45, 7) is 4.10. The zero-order chi connectivity index (χ0) is 16.4. The first-order valence-corrected chi connectivity index (χ1v) is 7.47. The Kier molecular flexibility index (Phi) is 3.74. The van der Waals surface area contributed by atoms with Crippen LogP contribution in [0.25, 0.3) is 0 Å². The van der Waals surface area contributed by atoms with E-state index < -0.39 is 5.91 Å². The Bertz CT molecular complexity index is 781. The predicted octanol–water partition coefficient (Wildman–Crippen LogP) is 3.09. The zero-order valence-electron chi connectivity index (χ0n) is 13.1. The molecule has 0 saturated heterocycles. The molecule has 0 atom stereocenters. The van der Waals surface area contributed by atoms with Gasteiger partial charge in [0, 0.05) is 11.1 Å². The summed E-state index contributed by atoms with van der Waals surface area (Å²) in [6.07, 6.45) is 9.72. The zero-order valence-corrected chi connectivity index (χ0v) is 13.1. The summed E-state index contributed by atoms with van der Waals surface area (Å²) in [7, 11) is 0. The molecule has 4 heteroatoms. The number of hydrogen-bond donors (Lipinski definition) is 2. The number of hydrogen-bond acceptors (Lipinski definition) is 3. The lowest BCUT2D eigenvalue weighted by Gasteiger charge is -2.16. The molecule has 3 rings (SSSR count). The topological polar surface area (TPSA) is 58.2 Å². The normalized spacial score (nSPS) is 19.5. The summed E-state index contributed by atoms with van der Waals surface area (Å²) in [5, 5.41) is 5.44. The monoisotopic (exact) mass is 306 g/mol. The van der Waals surface area contributed by atoms with Crippen molar-refractivity contribution in [1.82, 2.24) is 5.32 Å². The highest BCUT2D eigenvalue weighted by Gasteiger charge is 2.33. The molecule has 0 spiro atoms. The Morgan fingerprint density at radius 1 is 1.00 bits per heavy atom. The summed E-state index contributed by atoms with van der Waals surface area (Å²) < 4.78 is 0. The van der Waals surface area contributed by atoms with Crippen molar-refractivity contribution in [3.63, 3.8) is 0 Å². The molecule has 2 aliphatic rings. The molecule has 1 aliphatic heterocycles. The van der Waals surface area contributed by atoms with Gasteiger partial charge in [0.1, 0.15) is 5.70 Å². The minimum absolute atomic E-state index is 0.199. The summed E-state index contributed by atoms with van der Waals surface area (Å²) in [5.74, 6) is -0.778. The molecule has 0 fully saturated rings. The Morgan fingerprint density at radius 3 is 2.48 bits per heavy atom. The molecule has 0 saturated carbocycles. The number of para-hydroxylation sites is 1. The molecule has 23 heavy (non-hydrogen) atoms. The highest BCUT2D eigenvalue weighted by molar-refractivity contribution is 6.22. The number of allylic oxidation sites excluding steroid dienone is 5. The van der Waals surface area contributed by atoms with Gasteiger partial charge in [-0.05, 0) is 17.7 Å². The third kappa shape index (κ3) is 3.16. The van der Waals surface area contributed by atoms with Crippen molar-refractivity contribution in [1.29, 1.82) is 0 Å². The Labute approximate surface area is 135 Å². The van der Waals surface area contributed by atoms with E-state index in [0.717, 1.165) is 11.3 Å². The van der Waals surface area contributed by atoms with Crippen LogP contribution in [0.3, 0.4) is 0 Å². The van der Waals surface area contributed by atoms with E-state index in [9.17, 15) is 9.59 Å². The van der Waals surface area contributed by atoms with E-state index in [1.807, 2.05) is 54.6 Å². The van der Waals surface area contributed by atoms with Crippen LogP contribution in [-0.2, 0) is 9.59 Å². The number of carbonyl (C=O) groups is 2. The van der Waals surface area contributed by atoms with Crippen molar-refractivity contribution in [3.8, 4) is 0 Å². The fourth-order valence-corrected chi connectivity index (χ4v) is 2.63. The van der Waals surface area contributed by atoms with Crippen molar-refractivity contribution in [3.05, 3.63) is 77.6 Å². The molecule has 0 unspecified atom stereocenters. The second-order valence-electron chi connectivity index (χ2n) is 6.16. The van der Waals surface area contributed by atoms with Crippen molar-refractivity contribution in [2.75, 3.05) is 5.32 Å². The fourth-order valence-electron chi connectivity index (χ4n) is 2.63. The number of rotatable bonds is 3. The van der Waals surface area contributed by atoms with E-state index in [4.69, 9.17) is 0 Å². The van der Waals surface area contributed by atoms with Crippen LogP contribution in [0.1, 0.15) is 13.8 Å². The number of imide groups is 1. The Balaban J connectivity index is 2.07. The summed E-state index contributed by atoms with van der Waals surface area (Å²) in [6, 6.07) is 9.34. The Hall–Kier alpha value is -2.88. The molecular weight excluding hydrogens is 288 g/mol. The largest absolute Gasteiger partial charge is 0.350 e. The molecule has 0 radical (unpaired) electrons. The van der Waals surface area contributed by atoms with Crippen LogP contribution in [-0.4, -0.2) is 11.8 Å². The summed E-state index contributed by atoms with van der Waals surface area (Å²) >= 11 is 0. The van der Waals surface area contributed by atoms with Crippen LogP contribution in [0.4, 0.5) is 5.69 Å². The maximum Gasteiger partial charge on any atom is 0.275 e. The molecule has 116 valence electrons. The summed E-state index contributed by atoms with van der Waals surface area (Å²) in [4.78, 5) is 24.5. The van der Waals surface area contributed by atoms with Crippen LogP contribution < -0.4 is 10.6 Å². The van der Waals surface area contributed by atoms with E-state index in [-0.39, 0.29) is 17.0 Å². The lowest BCUT2D eigenvalue weighted by Crippen LogP contribution is -2.24. The number of anilines is 1. The molecule has 1 aromatic carbocycles. The maximum atomic E-state index is 12.3. The smallest absolute Gasteiger partial charge is 0.275 e. The molecular formula is C19H18N2O2. The molecule has 1 heterocycles. The van der Waals surface area contributed by atoms with Gasteiger partial charge < -0.3 is 5.32 Å². The molecule has 1 aliphatic carbocycles. The van der Waals surface area contributed by atoms with Gasteiger partial charge in [0.05, 0.1) is 5.57 Å². The maximum absolute atomic E-state index is 12.3. The first kappa shape index (κ1) is 15.0. The van der Waals surface area contributed by atoms with Gasteiger partial charge in [0.25, 0.3) is 11.8 Å². The summed E-state index contributed by atoms with van der Waals surface area (Å²) in [5.41, 5.74) is 1.97. The van der Waals surface area contributed by atoms with Crippen LogP contribution >= 0.6 is 0 Å². The number of nitrogens with one attached hydrogen (secondary N) is 2. The molecule has 0 bridgehead atoms. The van der Waals surface area contributed by atoms with Crippen molar-refractivity contribution in [2.24, 2.45) is 5.41 Å². The minimum atomic E-state index is -0.404. The van der Waals surface area contributed by atoms with Gasteiger partial charge in [0.2, 0.25) is 0 Å². The van der Waals surface area contributed by atoms with Gasteiger partial charge in [0.15, 0.2) is 0 Å². The lowest BCUT2D eigenvalue weighted by molar-refractivity contribution is -0.124. The predicted molar refractivity (Wildman–Crippen MR) is 90.4 cm³/mol. The van der Waals surface area contributed by atoms with E-state index in [2.05, 4.69) is 30.6 Å². The molecule has 1 aromatic rings. The lowest BCUT2D eigenvalue weighted by atomic mass is 9.89. The molecule has 2 N–H and O–H groups in total. The van der Waals surface area contributed by atoms with Gasteiger partial charge in [-0.15, -0.1) is 0 Å². The molecule has 4 nitrogen and oxygen atoms in total. The van der Waals surface area contributed by atoms with Crippen LogP contribution in [0.15, 0.2) is 77.6 Å². The van der Waals surface area contributed by atoms with Gasteiger partial charge >= 0.3 is 0 Å². The quantitative estimate of drug-likeness (QED) is 0.844. The average Bonchev–Trinajstić information content (AvgIpc) is 2.66. The van der Waals surface area contributed by atoms with E-state index in [1.165, 1.54) is 0 Å². The second kappa shape index (κ2) is 5.72. The van der Waals surface area contributed by atoms with Gasteiger partial charge in [-0.2, -0.15) is 0 Å². The van der Waals surface area contributed by atoms with Crippen molar-refractivity contribution in [2.45, 2.75) is 13.8 Å². The SMILES string of the molecule is CC1(C)C=CC=CC(C2=C(Nc3ccccc3)C(=O)NC2=O)=C1. The second-order valence-corrected chi connectivity index (χ2v) is 6.16. The molecule has 2 amide bonds. The minimum Gasteiger partial charge on any atom is -0.350 e. The van der Waals surface area contributed by atoms with Gasteiger partial charge in [-0.3, -0.25) is 14.9 Å². The van der Waals surface area contributed by atoms with Crippen LogP contribution in [0, 0.1) is 5.41 Å². The standard InChI is InChI=1S/C19H18N2O2/c1-19(2)11-7-6-8-13(12-19)15-16(18(23)21-17(15)22)20-14-9-4-3-5-10-14/h3-12H,1-2H3,(H2,20,21,22,23). The van der Waals surface area contributed by atoms with E-state index >= 15 is 0 Å². The van der Waals surface area contributed by atoms with E-state index in [1.54, 1.807) is 0 Å². The van der Waals surface area contributed by atoms with E-state index in [0.29, 0.717) is 5.57 Å². The van der Waals surface area contributed by atoms with Gasteiger partial charge in [-0.1, -0.05) is 62.4 Å². The third-order valence-electron chi connectivity index (χ3n) is 3.70. The average molecular weight is 306 g/mol. The Morgan fingerprint density at radius 2 is 1.74 bits per heavy atom. The third-order valence-corrected chi connectivity index (χ3v) is 3.70. The van der Waals surface area contributed by atoms with Crippen LogP contribution in [0.2, 0.25) is 0 Å². The van der Waals surface area contributed by atoms with Crippen molar-refractivity contribution < 1.29 is 9.59 Å². The van der Waals surface area contributed by atoms with Gasteiger partial charge in [-0.25, -0.2) is 0 Å². The van der Waals surface area contributed by atoms with Crippen LogP contribution in [0.5, 0.6) is 0 Å². The number of benzene rings is 1. The van der Waals surface area contributed by atoms with Crippen molar-refractivity contribution >= 4 is 17.5 Å². The first-order valence-electron chi connectivity index (χ1n) is 7.47. The molecule has 0 aromatic heterocycles. The fraction of sp³-hybridized carbons (Fsp3) is 0.158. The number of carbonyl (C=O) groups excluding carboxylic acids is 2. The first-order chi connectivity index (χ1) is 11.0. The number of amides is 2. The highest BCUT2D eigenvalue weighted by atomic mass is 16.2.